The number of hydrogen-bond donors (Lipinski definition) is 0. The number of nitrogens with zero attached hydrogens (tertiary/aromatic N) is 1. The summed E-state index contributed by atoms with van der Waals surface area (Å²) in [5.41, 5.74) is 3.72. The van der Waals surface area contributed by atoms with Gasteiger partial charge in [-0.2, -0.15) is 0 Å². The van der Waals surface area contributed by atoms with E-state index in [0.29, 0.717) is 0 Å². The zero-order valence-electron chi connectivity index (χ0n) is 6.05. The molecular formula is C9H8BrN. The number of para-hydroxylation sites is 1. The van der Waals surface area contributed by atoms with Crippen molar-refractivity contribution in [2.75, 3.05) is 5.33 Å². The molecule has 0 saturated carbocycles. The van der Waals surface area contributed by atoms with Gasteiger partial charge in [0.05, 0.1) is 5.69 Å². The third-order valence-electron chi connectivity index (χ3n) is 1.82. The normalized spacial score (nSPS) is 14.5. The summed E-state index contributed by atoms with van der Waals surface area (Å²) < 4.78 is 0. The molecule has 0 amide bonds. The van der Waals surface area contributed by atoms with Crippen molar-refractivity contribution < 1.29 is 0 Å². The van der Waals surface area contributed by atoms with Gasteiger partial charge in [-0.05, 0) is 11.6 Å². The average molecular weight is 210 g/mol. The van der Waals surface area contributed by atoms with Crippen LogP contribution in [0, 0.1) is 0 Å². The van der Waals surface area contributed by atoms with Gasteiger partial charge in [0.15, 0.2) is 0 Å². The Bertz CT molecular complexity index is 304. The first-order valence-electron chi connectivity index (χ1n) is 3.60. The molecule has 1 nitrogen and oxygen atoms in total. The van der Waals surface area contributed by atoms with Crippen molar-refractivity contribution in [2.24, 2.45) is 4.99 Å². The first-order chi connectivity index (χ1) is 5.40. The van der Waals surface area contributed by atoms with Crippen LogP contribution in [-0.2, 0) is 6.42 Å². The van der Waals surface area contributed by atoms with Crippen molar-refractivity contribution in [1.82, 2.24) is 0 Å². The second-order valence-electron chi connectivity index (χ2n) is 2.62. The summed E-state index contributed by atoms with van der Waals surface area (Å²) >= 11 is 3.40. The Morgan fingerprint density at radius 3 is 2.91 bits per heavy atom. The van der Waals surface area contributed by atoms with E-state index in [1.54, 1.807) is 0 Å². The summed E-state index contributed by atoms with van der Waals surface area (Å²) in [5.74, 6) is 0. The van der Waals surface area contributed by atoms with Crippen LogP contribution < -0.4 is 0 Å². The zero-order valence-corrected chi connectivity index (χ0v) is 7.63. The fourth-order valence-electron chi connectivity index (χ4n) is 1.28. The predicted octanol–water partition coefficient (Wildman–Crippen LogP) is 2.71. The molecule has 0 fully saturated rings. The maximum atomic E-state index is 4.44. The minimum atomic E-state index is 0.891. The molecule has 1 aliphatic rings. The van der Waals surface area contributed by atoms with E-state index in [4.69, 9.17) is 0 Å². The number of fused-ring (bicyclic) bond motifs is 1. The van der Waals surface area contributed by atoms with E-state index in [2.05, 4.69) is 39.1 Å². The molecule has 1 heterocycles. The van der Waals surface area contributed by atoms with Gasteiger partial charge in [-0.15, -0.1) is 0 Å². The molecule has 0 atom stereocenters. The number of rotatable bonds is 1. The van der Waals surface area contributed by atoms with Crippen molar-refractivity contribution >= 4 is 27.3 Å². The number of halogens is 1. The molecule has 0 unspecified atom stereocenters. The Morgan fingerprint density at radius 1 is 1.36 bits per heavy atom. The smallest absolute Gasteiger partial charge is 0.0665 e. The minimum absolute atomic E-state index is 0.891. The molecule has 0 radical (unpaired) electrons. The Labute approximate surface area is 74.3 Å². The minimum Gasteiger partial charge on any atom is -0.256 e. The summed E-state index contributed by atoms with van der Waals surface area (Å²) in [6.45, 7) is 0. The van der Waals surface area contributed by atoms with Crippen LogP contribution in [0.25, 0.3) is 0 Å². The highest BCUT2D eigenvalue weighted by Gasteiger charge is 2.11. The molecule has 0 saturated heterocycles. The van der Waals surface area contributed by atoms with Crippen molar-refractivity contribution in [3.63, 3.8) is 0 Å². The van der Waals surface area contributed by atoms with Gasteiger partial charge in [0.2, 0.25) is 0 Å². The van der Waals surface area contributed by atoms with Crippen LogP contribution >= 0.6 is 15.9 Å². The number of aliphatic imine (C=N–C) groups is 1. The van der Waals surface area contributed by atoms with Crippen LogP contribution in [0.3, 0.4) is 0 Å². The van der Waals surface area contributed by atoms with Gasteiger partial charge in [-0.3, -0.25) is 4.99 Å². The number of alkyl halides is 1. The maximum Gasteiger partial charge on any atom is 0.0665 e. The molecule has 11 heavy (non-hydrogen) atoms. The second kappa shape index (κ2) is 2.78. The Morgan fingerprint density at radius 2 is 2.18 bits per heavy atom. The van der Waals surface area contributed by atoms with Crippen LogP contribution in [0.4, 0.5) is 5.69 Å². The zero-order chi connectivity index (χ0) is 7.68. The standard InChI is InChI=1S/C9H8BrN/c10-6-8-5-7-3-1-2-4-9(7)11-8/h1-4H,5-6H2. The third kappa shape index (κ3) is 1.23. The molecule has 0 aromatic heterocycles. The van der Waals surface area contributed by atoms with Crippen molar-refractivity contribution in [3.8, 4) is 0 Å². The van der Waals surface area contributed by atoms with Gasteiger partial charge < -0.3 is 0 Å². The van der Waals surface area contributed by atoms with E-state index in [9.17, 15) is 0 Å². The Hall–Kier alpha value is -0.630. The summed E-state index contributed by atoms with van der Waals surface area (Å²) in [6, 6.07) is 8.28. The highest BCUT2D eigenvalue weighted by molar-refractivity contribution is 9.09. The van der Waals surface area contributed by atoms with Crippen molar-refractivity contribution in [3.05, 3.63) is 29.8 Å². The van der Waals surface area contributed by atoms with Crippen molar-refractivity contribution in [1.29, 1.82) is 0 Å². The highest BCUT2D eigenvalue weighted by Crippen LogP contribution is 2.26. The number of benzene rings is 1. The van der Waals surface area contributed by atoms with E-state index >= 15 is 0 Å². The molecule has 2 rings (SSSR count). The largest absolute Gasteiger partial charge is 0.256 e. The van der Waals surface area contributed by atoms with Crippen LogP contribution in [0.5, 0.6) is 0 Å². The van der Waals surface area contributed by atoms with Gasteiger partial charge in [-0.25, -0.2) is 0 Å². The lowest BCUT2D eigenvalue weighted by atomic mass is 10.1. The molecule has 0 spiro atoms. The average Bonchev–Trinajstić information content (AvgIpc) is 2.46. The second-order valence-corrected chi connectivity index (χ2v) is 3.18. The lowest BCUT2D eigenvalue weighted by Crippen LogP contribution is -1.97. The molecule has 0 N–H and O–H groups in total. The van der Waals surface area contributed by atoms with E-state index in [1.807, 2.05) is 6.07 Å². The van der Waals surface area contributed by atoms with E-state index in [-0.39, 0.29) is 0 Å². The molecule has 1 aromatic rings. The van der Waals surface area contributed by atoms with E-state index in [0.717, 1.165) is 17.4 Å². The topological polar surface area (TPSA) is 12.4 Å². The predicted molar refractivity (Wildman–Crippen MR) is 51.0 cm³/mol. The van der Waals surface area contributed by atoms with Crippen LogP contribution in [-0.4, -0.2) is 11.0 Å². The molecule has 0 aliphatic carbocycles. The van der Waals surface area contributed by atoms with Crippen LogP contribution in [0.15, 0.2) is 29.3 Å². The van der Waals surface area contributed by atoms with Gasteiger partial charge in [-0.1, -0.05) is 34.1 Å². The molecule has 1 aromatic carbocycles. The van der Waals surface area contributed by atoms with E-state index < -0.39 is 0 Å². The van der Waals surface area contributed by atoms with Gasteiger partial charge in [0, 0.05) is 17.5 Å². The first-order valence-corrected chi connectivity index (χ1v) is 4.72. The lowest BCUT2D eigenvalue weighted by molar-refractivity contribution is 1.39. The third-order valence-corrected chi connectivity index (χ3v) is 2.47. The Kier molecular flexibility index (Phi) is 1.78. The Balaban J connectivity index is 2.39. The summed E-state index contributed by atoms with van der Waals surface area (Å²) in [6.07, 6.45) is 1.02. The highest BCUT2D eigenvalue weighted by atomic mass is 79.9. The van der Waals surface area contributed by atoms with Crippen molar-refractivity contribution in [2.45, 2.75) is 6.42 Å². The van der Waals surface area contributed by atoms with E-state index in [1.165, 1.54) is 11.3 Å². The summed E-state index contributed by atoms with van der Waals surface area (Å²) in [5, 5.41) is 0.891. The first kappa shape index (κ1) is 7.04. The molecule has 0 bridgehead atoms. The molecule has 1 aliphatic heterocycles. The summed E-state index contributed by atoms with van der Waals surface area (Å²) in [4.78, 5) is 4.44. The summed E-state index contributed by atoms with van der Waals surface area (Å²) in [7, 11) is 0. The van der Waals surface area contributed by atoms with Gasteiger partial charge >= 0.3 is 0 Å². The molecular weight excluding hydrogens is 202 g/mol. The number of hydrogen-bond acceptors (Lipinski definition) is 1. The van der Waals surface area contributed by atoms with Gasteiger partial charge in [0.1, 0.15) is 0 Å². The molecule has 56 valence electrons. The van der Waals surface area contributed by atoms with Gasteiger partial charge in [0.25, 0.3) is 0 Å². The SMILES string of the molecule is BrCC1=Nc2ccccc2C1. The monoisotopic (exact) mass is 209 g/mol. The molecule has 2 heteroatoms. The fourth-order valence-corrected chi connectivity index (χ4v) is 1.60. The lowest BCUT2D eigenvalue weighted by Gasteiger charge is -1.92. The fraction of sp³-hybridized carbons (Fsp3) is 0.222. The maximum absolute atomic E-state index is 4.44. The quantitative estimate of drug-likeness (QED) is 0.632. The van der Waals surface area contributed by atoms with Crippen LogP contribution in [0.1, 0.15) is 5.56 Å². The van der Waals surface area contributed by atoms with Crippen LogP contribution in [0.2, 0.25) is 0 Å².